The number of nitrogens with zero attached hydrogens (tertiary/aromatic N) is 1. The zero-order valence-electron chi connectivity index (χ0n) is 16.4. The molecule has 1 aromatic heterocycles. The SMILES string of the molecule is CCOC(=O)c1ccc(C(=O)NS(=O)(=O)c2ccc(C(=O)NCCOC)cc2)cn1. The van der Waals surface area contributed by atoms with E-state index in [9.17, 15) is 22.8 Å². The number of ether oxygens (including phenoxy) is 2. The Kier molecular flexibility index (Phi) is 8.01. The van der Waals surface area contributed by atoms with Crippen LogP contribution in [-0.2, 0) is 19.5 Å². The van der Waals surface area contributed by atoms with Gasteiger partial charge < -0.3 is 14.8 Å². The number of benzene rings is 1. The predicted octanol–water partition coefficient (Wildman–Crippen LogP) is 0.753. The second kappa shape index (κ2) is 10.5. The quantitative estimate of drug-likeness (QED) is 0.434. The zero-order chi connectivity index (χ0) is 22.1. The van der Waals surface area contributed by atoms with Crippen LogP contribution >= 0.6 is 0 Å². The second-order valence-corrected chi connectivity index (χ2v) is 7.54. The lowest BCUT2D eigenvalue weighted by molar-refractivity contribution is 0.0519. The van der Waals surface area contributed by atoms with Crippen molar-refractivity contribution in [1.82, 2.24) is 15.0 Å². The van der Waals surface area contributed by atoms with Gasteiger partial charge >= 0.3 is 5.97 Å². The number of nitrogens with one attached hydrogen (secondary N) is 2. The highest BCUT2D eigenvalue weighted by atomic mass is 32.2. The van der Waals surface area contributed by atoms with Gasteiger partial charge in [-0.3, -0.25) is 9.59 Å². The molecule has 0 aliphatic carbocycles. The van der Waals surface area contributed by atoms with Crippen molar-refractivity contribution < 1.29 is 32.3 Å². The summed E-state index contributed by atoms with van der Waals surface area (Å²) in [5, 5.41) is 2.61. The Balaban J connectivity index is 2.06. The van der Waals surface area contributed by atoms with Crippen molar-refractivity contribution >= 4 is 27.8 Å². The van der Waals surface area contributed by atoms with Gasteiger partial charge in [-0.25, -0.2) is 22.9 Å². The lowest BCUT2D eigenvalue weighted by Gasteiger charge is -2.09. The zero-order valence-corrected chi connectivity index (χ0v) is 17.2. The van der Waals surface area contributed by atoms with Crippen molar-refractivity contribution in [3.8, 4) is 0 Å². The van der Waals surface area contributed by atoms with Crippen molar-refractivity contribution in [3.63, 3.8) is 0 Å². The molecule has 0 saturated carbocycles. The Morgan fingerprint density at radius 2 is 1.67 bits per heavy atom. The summed E-state index contributed by atoms with van der Waals surface area (Å²) >= 11 is 0. The van der Waals surface area contributed by atoms with E-state index < -0.39 is 21.9 Å². The topological polar surface area (TPSA) is 141 Å². The minimum atomic E-state index is -4.18. The van der Waals surface area contributed by atoms with Gasteiger partial charge in [-0.2, -0.15) is 0 Å². The van der Waals surface area contributed by atoms with E-state index in [1.807, 2.05) is 4.72 Å². The van der Waals surface area contributed by atoms with E-state index in [-0.39, 0.29) is 34.2 Å². The summed E-state index contributed by atoms with van der Waals surface area (Å²) in [5.74, 6) is -1.95. The molecule has 0 aliphatic rings. The van der Waals surface area contributed by atoms with Crippen LogP contribution in [0.3, 0.4) is 0 Å². The van der Waals surface area contributed by atoms with Crippen molar-refractivity contribution in [2.24, 2.45) is 0 Å². The fraction of sp³-hybridized carbons (Fsp3) is 0.263. The third kappa shape index (κ3) is 6.09. The monoisotopic (exact) mass is 435 g/mol. The molecule has 1 aromatic carbocycles. The smallest absolute Gasteiger partial charge is 0.356 e. The molecule has 0 atom stereocenters. The van der Waals surface area contributed by atoms with Crippen LogP contribution < -0.4 is 10.0 Å². The number of hydrogen-bond acceptors (Lipinski definition) is 8. The normalized spacial score (nSPS) is 10.9. The Hall–Kier alpha value is -3.31. The van der Waals surface area contributed by atoms with E-state index in [1.165, 1.54) is 43.5 Å². The lowest BCUT2D eigenvalue weighted by Crippen LogP contribution is -2.31. The first kappa shape index (κ1) is 23.0. The molecule has 0 spiro atoms. The fourth-order valence-corrected chi connectivity index (χ4v) is 3.22. The molecule has 10 nitrogen and oxygen atoms in total. The van der Waals surface area contributed by atoms with Crippen molar-refractivity contribution in [3.05, 3.63) is 59.4 Å². The molecule has 2 rings (SSSR count). The third-order valence-corrected chi connectivity index (χ3v) is 5.10. The summed E-state index contributed by atoms with van der Waals surface area (Å²) in [4.78, 5) is 39.4. The number of hydrogen-bond donors (Lipinski definition) is 2. The first-order valence-electron chi connectivity index (χ1n) is 8.86. The number of carbonyl (C=O) groups is 3. The molecule has 0 aliphatic heterocycles. The average molecular weight is 435 g/mol. The van der Waals surface area contributed by atoms with Crippen LogP contribution in [0.25, 0.3) is 0 Å². The predicted molar refractivity (Wildman–Crippen MR) is 105 cm³/mol. The van der Waals surface area contributed by atoms with Crippen LogP contribution in [0.15, 0.2) is 47.5 Å². The number of carbonyl (C=O) groups excluding carboxylic acids is 3. The summed E-state index contributed by atoms with van der Waals surface area (Å²) in [6, 6.07) is 7.60. The molecule has 11 heteroatoms. The molecule has 0 fully saturated rings. The molecular weight excluding hydrogens is 414 g/mol. The van der Waals surface area contributed by atoms with Gasteiger partial charge in [-0.1, -0.05) is 0 Å². The minimum absolute atomic E-state index is 0.00405. The Morgan fingerprint density at radius 3 is 2.23 bits per heavy atom. The first-order valence-corrected chi connectivity index (χ1v) is 10.3. The molecule has 160 valence electrons. The van der Waals surface area contributed by atoms with Crippen LogP contribution in [0.5, 0.6) is 0 Å². The van der Waals surface area contributed by atoms with Crippen molar-refractivity contribution in [2.75, 3.05) is 26.9 Å². The molecule has 30 heavy (non-hydrogen) atoms. The highest BCUT2D eigenvalue weighted by molar-refractivity contribution is 7.90. The number of pyridine rings is 1. The van der Waals surface area contributed by atoms with Gasteiger partial charge in [0.2, 0.25) is 0 Å². The summed E-state index contributed by atoms with van der Waals surface area (Å²) in [5.41, 5.74) is 0.200. The van der Waals surface area contributed by atoms with E-state index in [4.69, 9.17) is 9.47 Å². The highest BCUT2D eigenvalue weighted by Gasteiger charge is 2.20. The minimum Gasteiger partial charge on any atom is -0.461 e. The molecule has 2 N–H and O–H groups in total. The number of esters is 1. The summed E-state index contributed by atoms with van der Waals surface area (Å²) in [7, 11) is -2.67. The van der Waals surface area contributed by atoms with Gasteiger partial charge in [0.25, 0.3) is 21.8 Å². The highest BCUT2D eigenvalue weighted by Crippen LogP contribution is 2.12. The molecule has 0 radical (unpaired) electrons. The number of amides is 2. The van der Waals surface area contributed by atoms with Gasteiger partial charge in [0.05, 0.1) is 23.7 Å². The van der Waals surface area contributed by atoms with E-state index in [2.05, 4.69) is 10.3 Å². The van der Waals surface area contributed by atoms with Crippen LogP contribution in [-0.4, -0.2) is 58.1 Å². The van der Waals surface area contributed by atoms with Gasteiger partial charge in [0.15, 0.2) is 0 Å². The summed E-state index contributed by atoms with van der Waals surface area (Å²) in [6.45, 7) is 2.48. The number of methoxy groups -OCH3 is 1. The Labute approximate surface area is 173 Å². The lowest BCUT2D eigenvalue weighted by atomic mass is 10.2. The molecule has 2 amide bonds. The third-order valence-electron chi connectivity index (χ3n) is 3.76. The van der Waals surface area contributed by atoms with Gasteiger partial charge in [0.1, 0.15) is 5.69 Å². The number of aromatic nitrogens is 1. The van der Waals surface area contributed by atoms with Crippen LogP contribution in [0.4, 0.5) is 0 Å². The van der Waals surface area contributed by atoms with Gasteiger partial charge in [-0.15, -0.1) is 0 Å². The molecular formula is C19H21N3O7S. The van der Waals surface area contributed by atoms with Crippen LogP contribution in [0.1, 0.15) is 38.1 Å². The molecule has 2 aromatic rings. The molecule has 1 heterocycles. The number of rotatable bonds is 9. The summed E-state index contributed by atoms with van der Waals surface area (Å²) < 4.78 is 36.4. The maximum Gasteiger partial charge on any atom is 0.356 e. The van der Waals surface area contributed by atoms with Crippen molar-refractivity contribution in [1.29, 1.82) is 0 Å². The van der Waals surface area contributed by atoms with E-state index >= 15 is 0 Å². The molecule has 0 saturated heterocycles. The standard InChI is InChI=1S/C19H21N3O7S/c1-3-29-19(25)16-9-6-14(12-21-16)18(24)22-30(26,27)15-7-4-13(5-8-15)17(23)20-10-11-28-2/h4-9,12H,3,10-11H2,1-2H3,(H,20,23)(H,22,24). The average Bonchev–Trinajstić information content (AvgIpc) is 2.74. The number of sulfonamides is 1. The summed E-state index contributed by atoms with van der Waals surface area (Å²) in [6.07, 6.45) is 1.07. The van der Waals surface area contributed by atoms with Crippen molar-refractivity contribution in [2.45, 2.75) is 11.8 Å². The Bertz CT molecular complexity index is 1000. The van der Waals surface area contributed by atoms with E-state index in [0.717, 1.165) is 6.20 Å². The second-order valence-electron chi connectivity index (χ2n) is 5.86. The largest absolute Gasteiger partial charge is 0.461 e. The first-order chi connectivity index (χ1) is 14.3. The van der Waals surface area contributed by atoms with E-state index in [1.54, 1.807) is 6.92 Å². The maximum absolute atomic E-state index is 12.4. The van der Waals surface area contributed by atoms with Gasteiger partial charge in [-0.05, 0) is 43.3 Å². The molecule has 0 bridgehead atoms. The molecule has 0 unspecified atom stereocenters. The van der Waals surface area contributed by atoms with Gasteiger partial charge in [0, 0.05) is 25.4 Å². The van der Waals surface area contributed by atoms with Crippen LogP contribution in [0, 0.1) is 0 Å². The Morgan fingerprint density at radius 1 is 1.00 bits per heavy atom. The maximum atomic E-state index is 12.4. The van der Waals surface area contributed by atoms with Crippen LogP contribution in [0.2, 0.25) is 0 Å². The van der Waals surface area contributed by atoms with E-state index in [0.29, 0.717) is 13.2 Å². The fourth-order valence-electron chi connectivity index (χ4n) is 2.25.